The van der Waals surface area contributed by atoms with E-state index in [-0.39, 0.29) is 18.4 Å². The van der Waals surface area contributed by atoms with Crippen LogP contribution in [-0.2, 0) is 21.4 Å². The summed E-state index contributed by atoms with van der Waals surface area (Å²) in [5.74, 6) is 0.661. The molecule has 0 radical (unpaired) electrons. The lowest BCUT2D eigenvalue weighted by Crippen LogP contribution is -2.42. The van der Waals surface area contributed by atoms with Gasteiger partial charge in [0.2, 0.25) is 27.6 Å². The molecule has 0 unspecified atom stereocenters. The van der Waals surface area contributed by atoms with Gasteiger partial charge in [0.25, 0.3) is 0 Å². The molecule has 1 fully saturated rings. The molecule has 9 heteroatoms. The summed E-state index contributed by atoms with van der Waals surface area (Å²) in [5, 5.41) is 4.01. The fraction of sp³-hybridized carbons (Fsp3) is 0.500. The summed E-state index contributed by atoms with van der Waals surface area (Å²) >= 11 is 0. The van der Waals surface area contributed by atoms with Crippen LogP contribution in [0, 0.1) is 12.8 Å². The molecule has 1 amide bonds. The second kappa shape index (κ2) is 7.77. The van der Waals surface area contributed by atoms with Crippen LogP contribution in [0.15, 0.2) is 28.8 Å². The summed E-state index contributed by atoms with van der Waals surface area (Å²) in [5.41, 5.74) is 1.95. The van der Waals surface area contributed by atoms with E-state index in [2.05, 4.69) is 10.1 Å². The number of sulfonamides is 1. The maximum atomic E-state index is 12.7. The molecule has 0 saturated carbocycles. The zero-order valence-corrected chi connectivity index (χ0v) is 16.6. The van der Waals surface area contributed by atoms with Crippen molar-refractivity contribution in [3.63, 3.8) is 0 Å². The third-order valence-corrected chi connectivity index (χ3v) is 6.18. The molecule has 27 heavy (non-hydrogen) atoms. The lowest BCUT2D eigenvalue weighted by Gasteiger charge is -2.31. The van der Waals surface area contributed by atoms with Crippen molar-refractivity contribution in [2.75, 3.05) is 26.4 Å². The van der Waals surface area contributed by atoms with Crippen molar-refractivity contribution in [2.24, 2.45) is 5.92 Å². The number of aryl methyl sites for hydroxylation is 1. The van der Waals surface area contributed by atoms with Crippen molar-refractivity contribution in [3.8, 4) is 11.4 Å². The standard InChI is InChI=1S/C18H24N4O4S/c1-13-6-4-5-7-15(13)17-19-16(26-20-17)12-21(2)18(23)14-8-10-22(11-9-14)27(3,24)25/h4-7,14H,8-12H2,1-3H3. The van der Waals surface area contributed by atoms with Crippen LogP contribution in [0.25, 0.3) is 11.4 Å². The number of piperidine rings is 1. The molecule has 8 nitrogen and oxygen atoms in total. The number of rotatable bonds is 5. The first-order valence-corrected chi connectivity index (χ1v) is 10.7. The Morgan fingerprint density at radius 1 is 1.30 bits per heavy atom. The van der Waals surface area contributed by atoms with Crippen molar-refractivity contribution in [1.29, 1.82) is 0 Å². The summed E-state index contributed by atoms with van der Waals surface area (Å²) in [6.07, 6.45) is 2.24. The van der Waals surface area contributed by atoms with Gasteiger partial charge in [0.1, 0.15) is 0 Å². The van der Waals surface area contributed by atoms with E-state index in [0.29, 0.717) is 37.6 Å². The van der Waals surface area contributed by atoms with Crippen molar-refractivity contribution < 1.29 is 17.7 Å². The molecule has 0 atom stereocenters. The summed E-state index contributed by atoms with van der Waals surface area (Å²) in [6, 6.07) is 7.76. The van der Waals surface area contributed by atoms with Gasteiger partial charge in [-0.15, -0.1) is 0 Å². The zero-order valence-electron chi connectivity index (χ0n) is 15.8. The molecule has 1 aliphatic rings. The van der Waals surface area contributed by atoms with Crippen LogP contribution >= 0.6 is 0 Å². The number of aromatic nitrogens is 2. The first-order valence-electron chi connectivity index (χ1n) is 8.84. The average Bonchev–Trinajstić information content (AvgIpc) is 3.09. The molecule has 2 heterocycles. The third-order valence-electron chi connectivity index (χ3n) is 4.87. The van der Waals surface area contributed by atoms with Crippen LogP contribution < -0.4 is 0 Å². The van der Waals surface area contributed by atoms with Crippen molar-refractivity contribution in [1.82, 2.24) is 19.3 Å². The van der Waals surface area contributed by atoms with Gasteiger partial charge in [-0.3, -0.25) is 4.79 Å². The van der Waals surface area contributed by atoms with Gasteiger partial charge in [-0.05, 0) is 25.3 Å². The van der Waals surface area contributed by atoms with Gasteiger partial charge in [-0.2, -0.15) is 4.98 Å². The quantitative estimate of drug-likeness (QED) is 0.768. The molecule has 1 aromatic heterocycles. The normalized spacial score (nSPS) is 16.4. The van der Waals surface area contributed by atoms with Crippen LogP contribution in [0.1, 0.15) is 24.3 Å². The smallest absolute Gasteiger partial charge is 0.246 e. The van der Waals surface area contributed by atoms with E-state index in [1.165, 1.54) is 10.6 Å². The summed E-state index contributed by atoms with van der Waals surface area (Å²) in [4.78, 5) is 18.6. The Bertz CT molecular complexity index is 917. The molecule has 1 saturated heterocycles. The van der Waals surface area contributed by atoms with Crippen LogP contribution in [0.4, 0.5) is 0 Å². The molecule has 0 spiro atoms. The van der Waals surface area contributed by atoms with Crippen molar-refractivity contribution in [3.05, 3.63) is 35.7 Å². The summed E-state index contributed by atoms with van der Waals surface area (Å²) in [6.45, 7) is 2.95. The zero-order chi connectivity index (χ0) is 19.6. The number of carbonyl (C=O) groups excluding carboxylic acids is 1. The van der Waals surface area contributed by atoms with Gasteiger partial charge >= 0.3 is 0 Å². The predicted molar refractivity (Wildman–Crippen MR) is 100 cm³/mol. The lowest BCUT2D eigenvalue weighted by molar-refractivity contribution is -0.136. The minimum Gasteiger partial charge on any atom is -0.337 e. The second-order valence-corrected chi connectivity index (χ2v) is 8.94. The Labute approximate surface area is 159 Å². The predicted octanol–water partition coefficient (Wildman–Crippen LogP) is 1.68. The number of carbonyl (C=O) groups is 1. The fourth-order valence-corrected chi connectivity index (χ4v) is 4.15. The lowest BCUT2D eigenvalue weighted by atomic mass is 9.97. The molecular formula is C18H24N4O4S. The van der Waals surface area contributed by atoms with Gasteiger partial charge in [0, 0.05) is 31.6 Å². The van der Waals surface area contributed by atoms with E-state index >= 15 is 0 Å². The van der Waals surface area contributed by atoms with E-state index in [4.69, 9.17) is 4.52 Å². The van der Waals surface area contributed by atoms with E-state index < -0.39 is 10.0 Å². The van der Waals surface area contributed by atoms with E-state index in [1.54, 1.807) is 11.9 Å². The largest absolute Gasteiger partial charge is 0.337 e. The van der Waals surface area contributed by atoms with Gasteiger partial charge in [-0.25, -0.2) is 12.7 Å². The van der Waals surface area contributed by atoms with E-state index in [0.717, 1.165) is 11.1 Å². The first-order chi connectivity index (χ1) is 12.8. The number of hydrogen-bond acceptors (Lipinski definition) is 6. The van der Waals surface area contributed by atoms with Crippen LogP contribution in [0.3, 0.4) is 0 Å². The number of benzene rings is 1. The maximum Gasteiger partial charge on any atom is 0.246 e. The van der Waals surface area contributed by atoms with Crippen molar-refractivity contribution in [2.45, 2.75) is 26.3 Å². The average molecular weight is 392 g/mol. The summed E-state index contributed by atoms with van der Waals surface area (Å²) < 4.78 is 29.9. The molecule has 1 aliphatic heterocycles. The Kier molecular flexibility index (Phi) is 5.61. The Morgan fingerprint density at radius 3 is 2.59 bits per heavy atom. The highest BCUT2D eigenvalue weighted by molar-refractivity contribution is 7.88. The SMILES string of the molecule is Cc1ccccc1-c1noc(CN(C)C(=O)C2CCN(S(C)(=O)=O)CC2)n1. The molecule has 3 rings (SSSR count). The van der Waals surface area contributed by atoms with Crippen LogP contribution in [0.5, 0.6) is 0 Å². The number of hydrogen-bond donors (Lipinski definition) is 0. The van der Waals surface area contributed by atoms with Gasteiger partial charge < -0.3 is 9.42 Å². The highest BCUT2D eigenvalue weighted by Gasteiger charge is 2.31. The third kappa shape index (κ3) is 4.54. The number of nitrogens with zero attached hydrogens (tertiary/aromatic N) is 4. The monoisotopic (exact) mass is 392 g/mol. The molecule has 0 bridgehead atoms. The highest BCUT2D eigenvalue weighted by Crippen LogP contribution is 2.23. The minimum atomic E-state index is -3.20. The Morgan fingerprint density at radius 2 is 1.96 bits per heavy atom. The maximum absolute atomic E-state index is 12.7. The molecule has 1 aromatic carbocycles. The van der Waals surface area contributed by atoms with Gasteiger partial charge in [-0.1, -0.05) is 29.4 Å². The second-order valence-electron chi connectivity index (χ2n) is 6.96. The molecule has 146 valence electrons. The summed E-state index contributed by atoms with van der Waals surface area (Å²) in [7, 11) is -1.50. The Hall–Kier alpha value is -2.26. The van der Waals surface area contributed by atoms with Gasteiger partial charge in [0.05, 0.1) is 12.8 Å². The molecule has 0 N–H and O–H groups in total. The molecule has 2 aromatic rings. The van der Waals surface area contributed by atoms with Gasteiger partial charge in [0.15, 0.2) is 0 Å². The molecular weight excluding hydrogens is 368 g/mol. The fourth-order valence-electron chi connectivity index (χ4n) is 3.28. The van der Waals surface area contributed by atoms with Crippen LogP contribution in [0.2, 0.25) is 0 Å². The Balaban J connectivity index is 1.60. The van der Waals surface area contributed by atoms with Crippen molar-refractivity contribution >= 4 is 15.9 Å². The molecule has 0 aliphatic carbocycles. The topological polar surface area (TPSA) is 96.6 Å². The van der Waals surface area contributed by atoms with E-state index in [9.17, 15) is 13.2 Å². The first kappa shape index (κ1) is 19.5. The highest BCUT2D eigenvalue weighted by atomic mass is 32.2. The minimum absolute atomic E-state index is 0.0289. The van der Waals surface area contributed by atoms with Crippen LogP contribution in [-0.4, -0.2) is 60.1 Å². The number of amides is 1. The van der Waals surface area contributed by atoms with E-state index in [1.807, 2.05) is 31.2 Å².